The van der Waals surface area contributed by atoms with Crippen LogP contribution in [0.2, 0.25) is 0 Å². The van der Waals surface area contributed by atoms with Crippen LogP contribution in [0.5, 0.6) is 5.75 Å². The molecule has 0 bridgehead atoms. The molecule has 1 aromatic carbocycles. The molecule has 4 rings (SSSR count). The van der Waals surface area contributed by atoms with E-state index in [0.717, 1.165) is 33.4 Å². The molecule has 7 nitrogen and oxygen atoms in total. The maximum absolute atomic E-state index is 13.0. The second-order valence-corrected chi connectivity index (χ2v) is 8.46. The number of carbonyl (C=O) groups is 1. The van der Waals surface area contributed by atoms with Crippen LogP contribution in [-0.4, -0.2) is 38.8 Å². The highest BCUT2D eigenvalue weighted by atomic mass is 16.5. The lowest BCUT2D eigenvalue weighted by atomic mass is 10.0. The Hall–Kier alpha value is -3.48. The van der Waals surface area contributed by atoms with Gasteiger partial charge in [-0.1, -0.05) is 32.0 Å². The van der Waals surface area contributed by atoms with Gasteiger partial charge < -0.3 is 10.1 Å². The number of nitrogens with zero attached hydrogens (tertiary/aromatic N) is 4. The van der Waals surface area contributed by atoms with E-state index in [-0.39, 0.29) is 17.9 Å². The molecule has 7 heteroatoms. The van der Waals surface area contributed by atoms with E-state index in [1.54, 1.807) is 12.4 Å². The summed E-state index contributed by atoms with van der Waals surface area (Å²) >= 11 is 0. The van der Waals surface area contributed by atoms with Crippen molar-refractivity contribution in [2.45, 2.75) is 46.1 Å². The van der Waals surface area contributed by atoms with Crippen LogP contribution >= 0.6 is 0 Å². The van der Waals surface area contributed by atoms with E-state index in [0.29, 0.717) is 25.1 Å². The summed E-state index contributed by atoms with van der Waals surface area (Å²) in [5.41, 5.74) is 3.10. The van der Waals surface area contributed by atoms with Crippen molar-refractivity contribution in [2.75, 3.05) is 13.2 Å². The topological polar surface area (TPSA) is 81.9 Å². The highest BCUT2D eigenvalue weighted by Crippen LogP contribution is 2.25. The number of rotatable bonds is 8. The molecule has 0 unspecified atom stereocenters. The largest absolute Gasteiger partial charge is 0.491 e. The zero-order valence-electron chi connectivity index (χ0n) is 19.0. The Bertz CT molecular complexity index is 1240. The van der Waals surface area contributed by atoms with Gasteiger partial charge in [0.25, 0.3) is 5.91 Å². The molecule has 0 aliphatic heterocycles. The van der Waals surface area contributed by atoms with Gasteiger partial charge >= 0.3 is 0 Å². The summed E-state index contributed by atoms with van der Waals surface area (Å²) in [6.07, 6.45) is 4.18. The lowest BCUT2D eigenvalue weighted by Crippen LogP contribution is -2.26. The molecule has 3 heterocycles. The molecule has 1 amide bonds. The van der Waals surface area contributed by atoms with Gasteiger partial charge in [0.15, 0.2) is 5.65 Å². The van der Waals surface area contributed by atoms with Gasteiger partial charge in [-0.05, 0) is 44.4 Å². The number of aromatic nitrogens is 4. The van der Waals surface area contributed by atoms with Gasteiger partial charge in [0.05, 0.1) is 23.8 Å². The number of nitrogens with one attached hydrogen (secondary N) is 1. The SMILES string of the molecule is CC(C)c1cc(C(=O)NCCCOc2cccc3cccnc23)c2cnn(C(C)C)c2n1. The Morgan fingerprint density at radius 1 is 1.16 bits per heavy atom. The molecule has 0 saturated carbocycles. The van der Waals surface area contributed by atoms with Gasteiger partial charge in [-0.15, -0.1) is 0 Å². The Morgan fingerprint density at radius 3 is 2.75 bits per heavy atom. The number of fused-ring (bicyclic) bond motifs is 2. The average molecular weight is 432 g/mol. The van der Waals surface area contributed by atoms with Crippen molar-refractivity contribution in [3.8, 4) is 5.75 Å². The highest BCUT2D eigenvalue weighted by molar-refractivity contribution is 6.05. The first kappa shape index (κ1) is 21.7. The van der Waals surface area contributed by atoms with Crippen LogP contribution in [0.1, 0.15) is 62.1 Å². The third-order valence-electron chi connectivity index (χ3n) is 5.37. The minimum absolute atomic E-state index is 0.116. The van der Waals surface area contributed by atoms with Crippen molar-refractivity contribution in [1.82, 2.24) is 25.1 Å². The maximum atomic E-state index is 13.0. The van der Waals surface area contributed by atoms with Gasteiger partial charge in [0.2, 0.25) is 0 Å². The van der Waals surface area contributed by atoms with E-state index in [2.05, 4.69) is 43.1 Å². The first-order chi connectivity index (χ1) is 15.5. The van der Waals surface area contributed by atoms with Crippen molar-refractivity contribution in [3.05, 3.63) is 60.0 Å². The third-order valence-corrected chi connectivity index (χ3v) is 5.37. The van der Waals surface area contributed by atoms with Gasteiger partial charge in [0.1, 0.15) is 11.3 Å². The predicted octanol–water partition coefficient (Wildman–Crippen LogP) is 4.88. The van der Waals surface area contributed by atoms with E-state index in [1.807, 2.05) is 41.1 Å². The fourth-order valence-corrected chi connectivity index (χ4v) is 3.64. The molecule has 0 radical (unpaired) electrons. The standard InChI is InChI=1S/C25H29N5O2/c1-16(2)21-14-19(20-15-28-30(17(3)4)24(20)29-21)25(31)27-12-7-13-32-22-10-5-8-18-9-6-11-26-23(18)22/h5-6,8-11,14-17H,7,12-13H2,1-4H3,(H,27,31). The van der Waals surface area contributed by atoms with E-state index in [4.69, 9.17) is 9.72 Å². The summed E-state index contributed by atoms with van der Waals surface area (Å²) in [5, 5.41) is 9.30. The quantitative estimate of drug-likeness (QED) is 0.402. The zero-order valence-corrected chi connectivity index (χ0v) is 19.0. The molecular formula is C25H29N5O2. The number of ether oxygens (including phenoxy) is 1. The predicted molar refractivity (Wildman–Crippen MR) is 126 cm³/mol. The third kappa shape index (κ3) is 4.42. The Morgan fingerprint density at radius 2 is 1.97 bits per heavy atom. The Labute approximate surface area is 187 Å². The summed E-state index contributed by atoms with van der Waals surface area (Å²) in [6.45, 7) is 9.26. The minimum Gasteiger partial charge on any atom is -0.491 e. The van der Waals surface area contributed by atoms with E-state index in [1.165, 1.54) is 0 Å². The van der Waals surface area contributed by atoms with Crippen LogP contribution in [0.15, 0.2) is 48.8 Å². The number of para-hydroxylation sites is 1. The van der Waals surface area contributed by atoms with E-state index >= 15 is 0 Å². The fourth-order valence-electron chi connectivity index (χ4n) is 3.64. The lowest BCUT2D eigenvalue weighted by Gasteiger charge is -2.13. The lowest BCUT2D eigenvalue weighted by molar-refractivity contribution is 0.0953. The first-order valence-electron chi connectivity index (χ1n) is 11.1. The van der Waals surface area contributed by atoms with Crippen LogP contribution in [-0.2, 0) is 0 Å². The molecule has 166 valence electrons. The van der Waals surface area contributed by atoms with Crippen molar-refractivity contribution in [3.63, 3.8) is 0 Å². The summed E-state index contributed by atoms with van der Waals surface area (Å²) < 4.78 is 7.79. The van der Waals surface area contributed by atoms with Crippen LogP contribution in [0, 0.1) is 0 Å². The number of hydrogen-bond donors (Lipinski definition) is 1. The summed E-state index contributed by atoms with van der Waals surface area (Å²) in [5.74, 6) is 0.853. The van der Waals surface area contributed by atoms with Crippen molar-refractivity contribution >= 4 is 27.8 Å². The van der Waals surface area contributed by atoms with Crippen LogP contribution in [0.25, 0.3) is 21.9 Å². The molecule has 0 aliphatic carbocycles. The summed E-state index contributed by atoms with van der Waals surface area (Å²) in [4.78, 5) is 22.2. The number of pyridine rings is 2. The molecule has 3 aromatic heterocycles. The average Bonchev–Trinajstić information content (AvgIpc) is 3.22. The minimum atomic E-state index is -0.116. The van der Waals surface area contributed by atoms with Gasteiger partial charge in [-0.3, -0.25) is 9.78 Å². The van der Waals surface area contributed by atoms with Crippen LogP contribution < -0.4 is 10.1 Å². The molecule has 0 fully saturated rings. The summed E-state index contributed by atoms with van der Waals surface area (Å²) in [7, 11) is 0. The second kappa shape index (κ2) is 9.34. The number of amides is 1. The van der Waals surface area contributed by atoms with Gasteiger partial charge in [-0.25, -0.2) is 9.67 Å². The van der Waals surface area contributed by atoms with E-state index in [9.17, 15) is 4.79 Å². The zero-order chi connectivity index (χ0) is 22.7. The molecule has 1 N–H and O–H groups in total. The number of hydrogen-bond acceptors (Lipinski definition) is 5. The number of carbonyl (C=O) groups excluding carboxylic acids is 1. The maximum Gasteiger partial charge on any atom is 0.252 e. The van der Waals surface area contributed by atoms with Crippen LogP contribution in [0.4, 0.5) is 0 Å². The van der Waals surface area contributed by atoms with Crippen molar-refractivity contribution in [1.29, 1.82) is 0 Å². The smallest absolute Gasteiger partial charge is 0.252 e. The normalized spacial score (nSPS) is 11.6. The molecule has 0 atom stereocenters. The van der Waals surface area contributed by atoms with Gasteiger partial charge in [-0.2, -0.15) is 5.10 Å². The Kier molecular flexibility index (Phi) is 6.35. The molecule has 4 aromatic rings. The Balaban J connectivity index is 1.42. The number of benzene rings is 1. The highest BCUT2D eigenvalue weighted by Gasteiger charge is 2.18. The molecule has 0 spiro atoms. The molecule has 0 saturated heterocycles. The van der Waals surface area contributed by atoms with Crippen LogP contribution in [0.3, 0.4) is 0 Å². The molecule has 32 heavy (non-hydrogen) atoms. The van der Waals surface area contributed by atoms with Gasteiger partial charge in [0, 0.05) is 29.9 Å². The molecular weight excluding hydrogens is 402 g/mol. The van der Waals surface area contributed by atoms with Crippen molar-refractivity contribution < 1.29 is 9.53 Å². The second-order valence-electron chi connectivity index (χ2n) is 8.46. The fraction of sp³-hybridized carbons (Fsp3) is 0.360. The first-order valence-corrected chi connectivity index (χ1v) is 11.1. The monoisotopic (exact) mass is 431 g/mol. The molecule has 0 aliphatic rings. The van der Waals surface area contributed by atoms with Crippen molar-refractivity contribution in [2.24, 2.45) is 0 Å². The summed E-state index contributed by atoms with van der Waals surface area (Å²) in [6, 6.07) is 11.9. The van der Waals surface area contributed by atoms with E-state index < -0.39 is 0 Å².